The lowest BCUT2D eigenvalue weighted by molar-refractivity contribution is 0.137. The lowest BCUT2D eigenvalue weighted by atomic mass is 10.2. The molecule has 1 fully saturated rings. The Bertz CT molecular complexity index is 569. The lowest BCUT2D eigenvalue weighted by Gasteiger charge is -2.34. The number of nitrogens with zero attached hydrogens (tertiary/aromatic N) is 2. The topological polar surface area (TPSA) is 6.48 Å². The maximum absolute atomic E-state index is 2.55. The molecule has 3 rings (SSSR count). The molecule has 1 saturated heterocycles. The molecular formula is C20H24N2. The molecule has 1 aliphatic heterocycles. The molecule has 2 aromatic rings. The molecule has 22 heavy (non-hydrogen) atoms. The molecule has 2 nitrogen and oxygen atoms in total. The van der Waals surface area contributed by atoms with E-state index in [9.17, 15) is 0 Å². The Hall–Kier alpha value is -1.90. The average molecular weight is 292 g/mol. The largest absolute Gasteiger partial charge is 0.297 e. The van der Waals surface area contributed by atoms with Crippen LogP contribution in [-0.2, 0) is 6.54 Å². The third-order valence-corrected chi connectivity index (χ3v) is 4.19. The monoisotopic (exact) mass is 292 g/mol. The second kappa shape index (κ2) is 7.92. The van der Waals surface area contributed by atoms with Gasteiger partial charge in [0.25, 0.3) is 0 Å². The van der Waals surface area contributed by atoms with Gasteiger partial charge < -0.3 is 0 Å². The quantitative estimate of drug-likeness (QED) is 0.832. The van der Waals surface area contributed by atoms with Crippen LogP contribution in [-0.4, -0.2) is 42.5 Å². The maximum Gasteiger partial charge on any atom is 0.0234 e. The summed E-state index contributed by atoms with van der Waals surface area (Å²) in [5, 5.41) is 0. The summed E-state index contributed by atoms with van der Waals surface area (Å²) in [7, 11) is 0. The SMILES string of the molecule is C(=Cc1ccccc1)CN1CCN(Cc2ccccc2)CC1. The number of rotatable bonds is 5. The van der Waals surface area contributed by atoms with Crippen molar-refractivity contribution in [3.63, 3.8) is 0 Å². The molecule has 0 unspecified atom stereocenters. The van der Waals surface area contributed by atoms with Gasteiger partial charge in [0.05, 0.1) is 0 Å². The highest BCUT2D eigenvalue weighted by molar-refractivity contribution is 5.48. The first-order valence-electron chi connectivity index (χ1n) is 8.10. The van der Waals surface area contributed by atoms with Crippen molar-refractivity contribution in [1.82, 2.24) is 9.80 Å². The minimum atomic E-state index is 1.05. The van der Waals surface area contributed by atoms with Crippen LogP contribution in [0.2, 0.25) is 0 Å². The zero-order chi connectivity index (χ0) is 15.0. The molecule has 0 aromatic heterocycles. The summed E-state index contributed by atoms with van der Waals surface area (Å²) in [6, 6.07) is 21.3. The number of hydrogen-bond donors (Lipinski definition) is 0. The number of benzene rings is 2. The van der Waals surface area contributed by atoms with Gasteiger partial charge in [-0.3, -0.25) is 9.80 Å². The Kier molecular flexibility index (Phi) is 5.41. The fourth-order valence-corrected chi connectivity index (χ4v) is 2.87. The molecule has 1 aliphatic rings. The number of piperazine rings is 1. The fourth-order valence-electron chi connectivity index (χ4n) is 2.87. The highest BCUT2D eigenvalue weighted by atomic mass is 15.3. The predicted molar refractivity (Wildman–Crippen MR) is 93.6 cm³/mol. The van der Waals surface area contributed by atoms with Crippen LogP contribution in [0.3, 0.4) is 0 Å². The Morgan fingerprint density at radius 3 is 2.00 bits per heavy atom. The van der Waals surface area contributed by atoms with Gasteiger partial charge in [-0.1, -0.05) is 72.8 Å². The van der Waals surface area contributed by atoms with Gasteiger partial charge in [0, 0.05) is 39.3 Å². The van der Waals surface area contributed by atoms with Crippen LogP contribution < -0.4 is 0 Å². The summed E-state index contributed by atoms with van der Waals surface area (Å²) >= 11 is 0. The minimum Gasteiger partial charge on any atom is -0.297 e. The van der Waals surface area contributed by atoms with Crippen molar-refractivity contribution in [1.29, 1.82) is 0 Å². The van der Waals surface area contributed by atoms with Gasteiger partial charge in [0.1, 0.15) is 0 Å². The molecule has 1 heterocycles. The van der Waals surface area contributed by atoms with Crippen LogP contribution in [0.15, 0.2) is 66.7 Å². The first-order valence-corrected chi connectivity index (χ1v) is 8.10. The Balaban J connectivity index is 1.41. The molecule has 0 radical (unpaired) electrons. The second-order valence-electron chi connectivity index (χ2n) is 5.88. The molecule has 2 heteroatoms. The first kappa shape index (κ1) is 15.0. The van der Waals surface area contributed by atoms with Crippen LogP contribution in [0.4, 0.5) is 0 Å². The molecule has 0 N–H and O–H groups in total. The molecule has 0 aliphatic carbocycles. The summed E-state index contributed by atoms with van der Waals surface area (Å²) in [5.74, 6) is 0. The van der Waals surface area contributed by atoms with Crippen molar-refractivity contribution in [2.45, 2.75) is 6.54 Å². The molecule has 0 amide bonds. The van der Waals surface area contributed by atoms with Crippen LogP contribution in [0, 0.1) is 0 Å². The van der Waals surface area contributed by atoms with E-state index in [2.05, 4.69) is 82.6 Å². The predicted octanol–water partition coefficient (Wildman–Crippen LogP) is 3.52. The van der Waals surface area contributed by atoms with Gasteiger partial charge in [0.15, 0.2) is 0 Å². The number of hydrogen-bond acceptors (Lipinski definition) is 2. The molecule has 2 aromatic carbocycles. The maximum atomic E-state index is 2.55. The zero-order valence-corrected chi connectivity index (χ0v) is 13.1. The van der Waals surface area contributed by atoms with E-state index in [0.717, 1.165) is 39.3 Å². The fraction of sp³-hybridized carbons (Fsp3) is 0.300. The van der Waals surface area contributed by atoms with Crippen molar-refractivity contribution >= 4 is 6.08 Å². The van der Waals surface area contributed by atoms with Gasteiger partial charge >= 0.3 is 0 Å². The summed E-state index contributed by atoms with van der Waals surface area (Å²) in [6.07, 6.45) is 4.50. The molecule has 0 spiro atoms. The van der Waals surface area contributed by atoms with Gasteiger partial charge in [-0.05, 0) is 11.1 Å². The van der Waals surface area contributed by atoms with Crippen molar-refractivity contribution in [2.24, 2.45) is 0 Å². The smallest absolute Gasteiger partial charge is 0.0234 e. The Morgan fingerprint density at radius 2 is 1.32 bits per heavy atom. The first-order chi connectivity index (χ1) is 10.9. The van der Waals surface area contributed by atoms with E-state index in [4.69, 9.17) is 0 Å². The van der Waals surface area contributed by atoms with Gasteiger partial charge in [-0.15, -0.1) is 0 Å². The van der Waals surface area contributed by atoms with Crippen LogP contribution in [0.1, 0.15) is 11.1 Å². The average Bonchev–Trinajstić information content (AvgIpc) is 2.58. The molecule has 0 atom stereocenters. The summed E-state index contributed by atoms with van der Waals surface area (Å²) in [4.78, 5) is 5.08. The van der Waals surface area contributed by atoms with Crippen molar-refractivity contribution in [3.8, 4) is 0 Å². The van der Waals surface area contributed by atoms with E-state index < -0.39 is 0 Å². The van der Waals surface area contributed by atoms with Crippen LogP contribution in [0.25, 0.3) is 6.08 Å². The lowest BCUT2D eigenvalue weighted by Crippen LogP contribution is -2.45. The highest BCUT2D eigenvalue weighted by Crippen LogP contribution is 2.09. The van der Waals surface area contributed by atoms with E-state index in [1.54, 1.807) is 0 Å². The minimum absolute atomic E-state index is 1.05. The van der Waals surface area contributed by atoms with Crippen molar-refractivity contribution in [3.05, 3.63) is 77.9 Å². The summed E-state index contributed by atoms with van der Waals surface area (Å²) in [5.41, 5.74) is 2.70. The molecule has 0 saturated carbocycles. The van der Waals surface area contributed by atoms with Crippen molar-refractivity contribution in [2.75, 3.05) is 32.7 Å². The Morgan fingerprint density at radius 1 is 0.727 bits per heavy atom. The normalized spacial score (nSPS) is 17.1. The van der Waals surface area contributed by atoms with Crippen molar-refractivity contribution < 1.29 is 0 Å². The van der Waals surface area contributed by atoms with Gasteiger partial charge in [-0.2, -0.15) is 0 Å². The zero-order valence-electron chi connectivity index (χ0n) is 13.1. The van der Waals surface area contributed by atoms with E-state index in [1.165, 1.54) is 11.1 Å². The van der Waals surface area contributed by atoms with Gasteiger partial charge in [0.2, 0.25) is 0 Å². The van der Waals surface area contributed by atoms with Crippen LogP contribution in [0.5, 0.6) is 0 Å². The third kappa shape index (κ3) is 4.55. The third-order valence-electron chi connectivity index (χ3n) is 4.19. The molecular weight excluding hydrogens is 268 g/mol. The molecule has 0 bridgehead atoms. The van der Waals surface area contributed by atoms with Gasteiger partial charge in [-0.25, -0.2) is 0 Å². The molecule has 114 valence electrons. The Labute approximate surface area is 133 Å². The van der Waals surface area contributed by atoms with E-state index >= 15 is 0 Å². The second-order valence-corrected chi connectivity index (χ2v) is 5.88. The van der Waals surface area contributed by atoms with Crippen LogP contribution >= 0.6 is 0 Å². The summed E-state index contributed by atoms with van der Waals surface area (Å²) in [6.45, 7) is 6.77. The summed E-state index contributed by atoms with van der Waals surface area (Å²) < 4.78 is 0. The van der Waals surface area contributed by atoms with E-state index in [0.29, 0.717) is 0 Å². The van der Waals surface area contributed by atoms with E-state index in [1.807, 2.05) is 0 Å². The standard InChI is InChI=1S/C20H24N2/c1-3-8-19(9-4-1)12-7-13-21-14-16-22(17-15-21)18-20-10-5-2-6-11-20/h1-12H,13-18H2. The van der Waals surface area contributed by atoms with E-state index in [-0.39, 0.29) is 0 Å². The highest BCUT2D eigenvalue weighted by Gasteiger charge is 2.15.